The van der Waals surface area contributed by atoms with Crippen LogP contribution in [0.3, 0.4) is 0 Å². The number of amides is 1. The molecular weight excluding hydrogens is 346 g/mol. The molecule has 0 bridgehead atoms. The number of rotatable bonds is 3. The van der Waals surface area contributed by atoms with E-state index in [1.807, 2.05) is 45.2 Å². The number of carbonyl (C=O) groups excluding carboxylic acids is 1. The maximum atomic E-state index is 12.7. The van der Waals surface area contributed by atoms with E-state index in [1.54, 1.807) is 11.3 Å². The fraction of sp³-hybridized carbons (Fsp3) is 0.706. The highest BCUT2D eigenvalue weighted by Crippen LogP contribution is 2.44. The van der Waals surface area contributed by atoms with Crippen LogP contribution < -0.4 is 5.32 Å². The summed E-state index contributed by atoms with van der Waals surface area (Å²) in [6.07, 6.45) is -2.87. The standard InChI is InChI=1S/C17H23NO6S/c1-16(2)21-10-11(22-16)13-15(24-17(3,4)23-13)20-12(10)14(19)18-8-9-6-5-7-25-9/h5-7,10-13,15H,8H2,1-4H3,(H,18,19)/t10-,11+,12-,13-,15+/m1/s1. The molecule has 4 heterocycles. The Morgan fingerprint density at radius 3 is 2.48 bits per heavy atom. The van der Waals surface area contributed by atoms with Gasteiger partial charge in [-0.15, -0.1) is 11.3 Å². The van der Waals surface area contributed by atoms with Gasteiger partial charge >= 0.3 is 0 Å². The maximum absolute atomic E-state index is 12.7. The summed E-state index contributed by atoms with van der Waals surface area (Å²) in [5.74, 6) is -1.84. The van der Waals surface area contributed by atoms with E-state index in [1.165, 1.54) is 0 Å². The van der Waals surface area contributed by atoms with Gasteiger partial charge in [-0.1, -0.05) is 6.07 Å². The number of thiophene rings is 1. The molecule has 0 unspecified atom stereocenters. The molecule has 3 aliphatic heterocycles. The van der Waals surface area contributed by atoms with E-state index < -0.39 is 42.3 Å². The predicted octanol–water partition coefficient (Wildman–Crippen LogP) is 1.76. The van der Waals surface area contributed by atoms with Crippen molar-refractivity contribution in [2.45, 2.75) is 76.5 Å². The number of carbonyl (C=O) groups is 1. The van der Waals surface area contributed by atoms with Crippen LogP contribution >= 0.6 is 11.3 Å². The van der Waals surface area contributed by atoms with E-state index in [2.05, 4.69) is 5.32 Å². The van der Waals surface area contributed by atoms with E-state index in [9.17, 15) is 4.79 Å². The van der Waals surface area contributed by atoms with Crippen LogP contribution in [-0.2, 0) is 35.0 Å². The monoisotopic (exact) mass is 369 g/mol. The first-order valence-electron chi connectivity index (χ1n) is 8.41. The third-order valence-electron chi connectivity index (χ3n) is 4.43. The lowest BCUT2D eigenvalue weighted by molar-refractivity contribution is -0.231. The molecule has 3 saturated heterocycles. The molecule has 1 amide bonds. The third kappa shape index (κ3) is 3.34. The van der Waals surface area contributed by atoms with Gasteiger partial charge in [0.25, 0.3) is 5.91 Å². The Morgan fingerprint density at radius 1 is 1.08 bits per heavy atom. The summed E-state index contributed by atoms with van der Waals surface area (Å²) in [4.78, 5) is 13.8. The minimum Gasteiger partial charge on any atom is -0.349 e. The lowest BCUT2D eigenvalue weighted by Crippen LogP contribution is -2.59. The van der Waals surface area contributed by atoms with Gasteiger partial charge in [0.15, 0.2) is 24.0 Å². The molecule has 0 aliphatic carbocycles. The molecule has 1 aromatic heterocycles. The molecule has 4 rings (SSSR count). The summed E-state index contributed by atoms with van der Waals surface area (Å²) in [6, 6.07) is 3.92. The Labute approximate surface area is 150 Å². The molecule has 8 heteroatoms. The number of ether oxygens (including phenoxy) is 5. The summed E-state index contributed by atoms with van der Waals surface area (Å²) in [6.45, 7) is 7.73. The highest BCUT2D eigenvalue weighted by Gasteiger charge is 2.62. The van der Waals surface area contributed by atoms with Crippen LogP contribution in [0.1, 0.15) is 32.6 Å². The molecule has 3 aliphatic rings. The van der Waals surface area contributed by atoms with Crippen molar-refractivity contribution in [2.75, 3.05) is 0 Å². The fourth-order valence-corrected chi connectivity index (χ4v) is 4.16. The van der Waals surface area contributed by atoms with Crippen molar-refractivity contribution in [3.63, 3.8) is 0 Å². The van der Waals surface area contributed by atoms with Gasteiger partial charge in [0.05, 0.1) is 6.54 Å². The van der Waals surface area contributed by atoms with Gasteiger partial charge in [-0.2, -0.15) is 0 Å². The second kappa shape index (κ2) is 6.00. The summed E-state index contributed by atoms with van der Waals surface area (Å²) in [5, 5.41) is 4.88. The Kier molecular flexibility index (Phi) is 4.18. The van der Waals surface area contributed by atoms with E-state index in [4.69, 9.17) is 23.7 Å². The first-order chi connectivity index (χ1) is 11.7. The fourth-order valence-electron chi connectivity index (χ4n) is 3.51. The van der Waals surface area contributed by atoms with Crippen molar-refractivity contribution in [3.05, 3.63) is 22.4 Å². The maximum Gasteiger partial charge on any atom is 0.252 e. The first kappa shape index (κ1) is 17.4. The van der Waals surface area contributed by atoms with Crippen LogP contribution in [0, 0.1) is 0 Å². The second-order valence-electron chi connectivity index (χ2n) is 7.39. The number of fused-ring (bicyclic) bond motifs is 3. The van der Waals surface area contributed by atoms with Crippen LogP contribution in [0.25, 0.3) is 0 Å². The number of nitrogens with one attached hydrogen (secondary N) is 1. The summed E-state index contributed by atoms with van der Waals surface area (Å²) in [7, 11) is 0. The second-order valence-corrected chi connectivity index (χ2v) is 8.42. The van der Waals surface area contributed by atoms with Gasteiger partial charge in [0.2, 0.25) is 0 Å². The SMILES string of the molecule is CC1(C)O[C@H]2[C@@H](O1)[C@H](C(=O)NCc1cccs1)O[C@H]1OC(C)(C)O[C@@H]12. The van der Waals surface area contributed by atoms with Gasteiger partial charge in [0, 0.05) is 4.88 Å². The number of hydrogen-bond acceptors (Lipinski definition) is 7. The zero-order valence-electron chi connectivity index (χ0n) is 14.7. The molecule has 3 fully saturated rings. The van der Waals surface area contributed by atoms with Crippen LogP contribution in [0.2, 0.25) is 0 Å². The van der Waals surface area contributed by atoms with Crippen molar-refractivity contribution >= 4 is 17.2 Å². The molecule has 0 aromatic carbocycles. The van der Waals surface area contributed by atoms with Gasteiger partial charge < -0.3 is 29.0 Å². The van der Waals surface area contributed by atoms with Gasteiger partial charge in [-0.05, 0) is 39.1 Å². The smallest absolute Gasteiger partial charge is 0.252 e. The highest BCUT2D eigenvalue weighted by molar-refractivity contribution is 7.09. The topological polar surface area (TPSA) is 75.3 Å². The van der Waals surface area contributed by atoms with Crippen LogP contribution in [0.15, 0.2) is 17.5 Å². The van der Waals surface area contributed by atoms with Crippen LogP contribution in [-0.4, -0.2) is 48.2 Å². The van der Waals surface area contributed by atoms with Gasteiger partial charge in [-0.3, -0.25) is 4.79 Å². The normalized spacial score (nSPS) is 38.2. The zero-order valence-corrected chi connectivity index (χ0v) is 15.5. The molecule has 138 valence electrons. The van der Waals surface area contributed by atoms with Crippen LogP contribution in [0.4, 0.5) is 0 Å². The molecule has 7 nitrogen and oxygen atoms in total. The lowest BCUT2D eigenvalue weighted by Gasteiger charge is -2.36. The summed E-state index contributed by atoms with van der Waals surface area (Å²) in [5.41, 5.74) is 0. The predicted molar refractivity (Wildman–Crippen MR) is 88.7 cm³/mol. The number of hydrogen-bond donors (Lipinski definition) is 1. The highest BCUT2D eigenvalue weighted by atomic mass is 32.1. The zero-order chi connectivity index (χ0) is 17.8. The molecule has 5 atom stereocenters. The molecule has 0 saturated carbocycles. The Hall–Kier alpha value is -1.03. The summed E-state index contributed by atoms with van der Waals surface area (Å²) < 4.78 is 29.6. The van der Waals surface area contributed by atoms with Crippen molar-refractivity contribution in [1.29, 1.82) is 0 Å². The minimum absolute atomic E-state index is 0.239. The quantitative estimate of drug-likeness (QED) is 0.875. The molecule has 0 spiro atoms. The lowest BCUT2D eigenvalue weighted by atomic mass is 9.98. The van der Waals surface area contributed by atoms with Gasteiger partial charge in [0.1, 0.15) is 18.3 Å². The average molecular weight is 369 g/mol. The molecule has 1 N–H and O–H groups in total. The summed E-state index contributed by atoms with van der Waals surface area (Å²) >= 11 is 1.59. The van der Waals surface area contributed by atoms with Gasteiger partial charge in [-0.25, -0.2) is 0 Å². The minimum atomic E-state index is -0.814. The Bertz CT molecular complexity index is 646. The van der Waals surface area contributed by atoms with E-state index in [0.29, 0.717) is 6.54 Å². The first-order valence-corrected chi connectivity index (χ1v) is 9.29. The largest absolute Gasteiger partial charge is 0.349 e. The average Bonchev–Trinajstić information content (AvgIpc) is 3.19. The van der Waals surface area contributed by atoms with E-state index in [0.717, 1.165) is 4.88 Å². The Morgan fingerprint density at radius 2 is 1.76 bits per heavy atom. The van der Waals surface area contributed by atoms with Crippen molar-refractivity contribution in [3.8, 4) is 0 Å². The molecule has 1 aromatic rings. The van der Waals surface area contributed by atoms with E-state index in [-0.39, 0.29) is 5.91 Å². The van der Waals surface area contributed by atoms with Crippen molar-refractivity contribution in [1.82, 2.24) is 5.32 Å². The van der Waals surface area contributed by atoms with Crippen LogP contribution in [0.5, 0.6) is 0 Å². The van der Waals surface area contributed by atoms with Crippen molar-refractivity contribution in [2.24, 2.45) is 0 Å². The molecule has 25 heavy (non-hydrogen) atoms. The third-order valence-corrected chi connectivity index (χ3v) is 5.31. The van der Waals surface area contributed by atoms with Crippen molar-refractivity contribution < 1.29 is 28.5 Å². The molecular formula is C17H23NO6S. The van der Waals surface area contributed by atoms with E-state index >= 15 is 0 Å². The Balaban J connectivity index is 1.52. The molecule has 0 radical (unpaired) electrons.